The van der Waals surface area contributed by atoms with E-state index in [0.717, 1.165) is 6.20 Å². The lowest BCUT2D eigenvalue weighted by Crippen LogP contribution is -2.56. The third-order valence-electron chi connectivity index (χ3n) is 2.86. The second kappa shape index (κ2) is 6.43. The number of nitrogens with zero attached hydrogens (tertiary/aromatic N) is 4. The zero-order chi connectivity index (χ0) is 16.3. The number of carboxylic acid groups (broad SMARTS) is 2. The summed E-state index contributed by atoms with van der Waals surface area (Å²) in [5.74, 6) is -2.13. The highest BCUT2D eigenvalue weighted by Crippen LogP contribution is 2.20. The Kier molecular flexibility index (Phi) is 4.61. The van der Waals surface area contributed by atoms with Gasteiger partial charge in [-0.15, -0.1) is 0 Å². The number of rotatable bonds is 3. The van der Waals surface area contributed by atoms with Gasteiger partial charge in [0.05, 0.1) is 0 Å². The van der Waals surface area contributed by atoms with E-state index >= 15 is 0 Å². The topological polar surface area (TPSA) is 124 Å². The molecule has 2 heterocycles. The number of thioether (sulfide) groups is 1. The quantitative estimate of drug-likeness (QED) is 0.621. The minimum absolute atomic E-state index is 0.00528. The number of hydrogen-bond donors (Lipinski definition) is 2. The molecule has 116 valence electrons. The van der Waals surface area contributed by atoms with E-state index in [0.29, 0.717) is 15.2 Å². The summed E-state index contributed by atoms with van der Waals surface area (Å²) in [6.07, 6.45) is 4.13. The highest BCUT2D eigenvalue weighted by Gasteiger charge is 2.38. The van der Waals surface area contributed by atoms with Crippen LogP contribution < -0.4 is 0 Å². The van der Waals surface area contributed by atoms with Gasteiger partial charge in [-0.25, -0.2) is 24.6 Å². The van der Waals surface area contributed by atoms with Crippen molar-refractivity contribution in [3.05, 3.63) is 30.2 Å². The second-order valence-corrected chi connectivity index (χ2v) is 4.95. The molecule has 1 aromatic heterocycles. The van der Waals surface area contributed by atoms with Crippen molar-refractivity contribution in [1.82, 2.24) is 20.0 Å². The molecule has 22 heavy (non-hydrogen) atoms. The maximum Gasteiger partial charge on any atom is 0.430 e. The van der Waals surface area contributed by atoms with E-state index in [9.17, 15) is 19.5 Å². The fourth-order valence-corrected chi connectivity index (χ4v) is 2.24. The standard InChI is InChI=1S/C12H12N4O5S/c1-22-11-13-5-4-7(14-11)9(17)16-8(10(18)19)3-2-6-15(16)12(20)21/h2,4-6,8H,3H2,1H3,(H,18,19)(H,20,21). The monoisotopic (exact) mass is 324 g/mol. The van der Waals surface area contributed by atoms with Crippen LogP contribution in [0.2, 0.25) is 0 Å². The first-order valence-electron chi connectivity index (χ1n) is 6.08. The minimum atomic E-state index is -1.46. The molecule has 2 N–H and O–H groups in total. The van der Waals surface area contributed by atoms with Crippen LogP contribution in [0.15, 0.2) is 29.7 Å². The Balaban J connectivity index is 2.42. The highest BCUT2D eigenvalue weighted by molar-refractivity contribution is 7.98. The van der Waals surface area contributed by atoms with Crippen molar-refractivity contribution in [2.75, 3.05) is 6.26 Å². The first-order valence-corrected chi connectivity index (χ1v) is 7.30. The van der Waals surface area contributed by atoms with Crippen LogP contribution in [0.25, 0.3) is 0 Å². The summed E-state index contributed by atoms with van der Waals surface area (Å²) in [6, 6.07) is -0.0134. The van der Waals surface area contributed by atoms with Crippen molar-refractivity contribution in [3.63, 3.8) is 0 Å². The van der Waals surface area contributed by atoms with E-state index in [1.807, 2.05) is 0 Å². The first-order chi connectivity index (χ1) is 10.5. The van der Waals surface area contributed by atoms with Gasteiger partial charge in [-0.05, 0) is 12.3 Å². The molecule has 1 aromatic rings. The third kappa shape index (κ3) is 3.01. The van der Waals surface area contributed by atoms with Crippen molar-refractivity contribution >= 4 is 29.7 Å². The summed E-state index contributed by atoms with van der Waals surface area (Å²) >= 11 is 1.21. The molecule has 0 radical (unpaired) electrons. The Morgan fingerprint density at radius 2 is 2.09 bits per heavy atom. The molecule has 0 aromatic carbocycles. The van der Waals surface area contributed by atoms with Gasteiger partial charge in [0.15, 0.2) is 11.2 Å². The van der Waals surface area contributed by atoms with Gasteiger partial charge in [-0.2, -0.15) is 5.01 Å². The molecule has 10 heteroatoms. The number of aliphatic carboxylic acids is 1. The van der Waals surface area contributed by atoms with E-state index in [1.165, 1.54) is 30.1 Å². The molecule has 0 spiro atoms. The van der Waals surface area contributed by atoms with Gasteiger partial charge in [-0.1, -0.05) is 17.8 Å². The van der Waals surface area contributed by atoms with E-state index in [4.69, 9.17) is 5.11 Å². The molecular formula is C12H12N4O5S. The molecule has 2 rings (SSSR count). The molecular weight excluding hydrogens is 312 g/mol. The maximum atomic E-state index is 12.5. The van der Waals surface area contributed by atoms with Crippen LogP contribution in [0.3, 0.4) is 0 Å². The molecule has 1 unspecified atom stereocenters. The Morgan fingerprint density at radius 1 is 1.36 bits per heavy atom. The predicted molar refractivity (Wildman–Crippen MR) is 75.0 cm³/mol. The summed E-state index contributed by atoms with van der Waals surface area (Å²) in [5, 5.41) is 19.9. The first kappa shape index (κ1) is 15.8. The van der Waals surface area contributed by atoms with Crippen LogP contribution in [0, 0.1) is 0 Å². The average Bonchev–Trinajstić information content (AvgIpc) is 2.53. The Bertz CT molecular complexity index is 650. The van der Waals surface area contributed by atoms with Gasteiger partial charge < -0.3 is 10.2 Å². The molecule has 1 aliphatic rings. The van der Waals surface area contributed by atoms with Crippen molar-refractivity contribution in [3.8, 4) is 0 Å². The zero-order valence-electron chi connectivity index (χ0n) is 11.4. The lowest BCUT2D eigenvalue weighted by molar-refractivity contribution is -0.146. The third-order valence-corrected chi connectivity index (χ3v) is 3.42. The van der Waals surface area contributed by atoms with Crippen LogP contribution >= 0.6 is 11.8 Å². The summed E-state index contributed by atoms with van der Waals surface area (Å²) in [7, 11) is 0. The van der Waals surface area contributed by atoms with Gasteiger partial charge in [0.2, 0.25) is 0 Å². The van der Waals surface area contributed by atoms with Crippen molar-refractivity contribution in [2.24, 2.45) is 0 Å². The Morgan fingerprint density at radius 3 is 2.68 bits per heavy atom. The Labute approximate surface area is 129 Å². The fourth-order valence-electron chi connectivity index (χ4n) is 1.89. The van der Waals surface area contributed by atoms with Crippen molar-refractivity contribution in [2.45, 2.75) is 17.6 Å². The zero-order valence-corrected chi connectivity index (χ0v) is 12.2. The molecule has 9 nitrogen and oxygen atoms in total. The normalized spacial score (nSPS) is 17.4. The predicted octanol–water partition coefficient (Wildman–Crippen LogP) is 0.906. The smallest absolute Gasteiger partial charge is 0.430 e. The Hall–Kier alpha value is -2.62. The average molecular weight is 324 g/mol. The van der Waals surface area contributed by atoms with Crippen molar-refractivity contribution < 1.29 is 24.6 Å². The van der Waals surface area contributed by atoms with Crippen LogP contribution in [0.5, 0.6) is 0 Å². The van der Waals surface area contributed by atoms with E-state index < -0.39 is 24.0 Å². The highest BCUT2D eigenvalue weighted by atomic mass is 32.2. The van der Waals surface area contributed by atoms with Gasteiger partial charge in [-0.3, -0.25) is 4.79 Å². The van der Waals surface area contributed by atoms with Gasteiger partial charge >= 0.3 is 12.1 Å². The molecule has 0 bridgehead atoms. The number of carbonyl (C=O) groups is 3. The molecule has 0 saturated heterocycles. The summed E-state index contributed by atoms with van der Waals surface area (Å²) in [6.45, 7) is 0. The molecule has 0 aliphatic carbocycles. The number of amides is 2. The summed E-state index contributed by atoms with van der Waals surface area (Å²) < 4.78 is 0. The van der Waals surface area contributed by atoms with Gasteiger partial charge in [0.25, 0.3) is 5.91 Å². The lowest BCUT2D eigenvalue weighted by Gasteiger charge is -2.36. The molecule has 0 saturated carbocycles. The second-order valence-electron chi connectivity index (χ2n) is 4.18. The fraction of sp³-hybridized carbons (Fsp3) is 0.250. The SMILES string of the molecule is CSc1nccc(C(=O)N2C(C(=O)O)CC=CN2C(=O)O)n1. The van der Waals surface area contributed by atoms with Crippen LogP contribution in [0.1, 0.15) is 16.9 Å². The van der Waals surface area contributed by atoms with Crippen LogP contribution in [0.4, 0.5) is 4.79 Å². The number of carboxylic acids is 1. The number of hydrogen-bond acceptors (Lipinski definition) is 6. The number of carbonyl (C=O) groups excluding carboxylic acids is 1. The van der Waals surface area contributed by atoms with Crippen LogP contribution in [-0.4, -0.2) is 60.5 Å². The largest absolute Gasteiger partial charge is 0.480 e. The summed E-state index contributed by atoms with van der Waals surface area (Å²) in [5.41, 5.74) is -0.0767. The molecule has 2 amide bonds. The maximum absolute atomic E-state index is 12.5. The molecule has 1 atom stereocenters. The lowest BCUT2D eigenvalue weighted by atomic mass is 10.1. The number of hydrazine groups is 1. The van der Waals surface area contributed by atoms with Gasteiger partial charge in [0, 0.05) is 18.8 Å². The van der Waals surface area contributed by atoms with E-state index in [-0.39, 0.29) is 12.1 Å². The minimum Gasteiger partial charge on any atom is -0.480 e. The number of aromatic nitrogens is 2. The molecule has 1 aliphatic heterocycles. The van der Waals surface area contributed by atoms with Crippen molar-refractivity contribution in [1.29, 1.82) is 0 Å². The van der Waals surface area contributed by atoms with Crippen LogP contribution in [-0.2, 0) is 4.79 Å². The van der Waals surface area contributed by atoms with Gasteiger partial charge in [0.1, 0.15) is 5.69 Å². The summed E-state index contributed by atoms with van der Waals surface area (Å²) in [4.78, 5) is 43.0. The molecule has 0 fully saturated rings. The van der Waals surface area contributed by atoms with E-state index in [1.54, 1.807) is 6.26 Å². The van der Waals surface area contributed by atoms with E-state index in [2.05, 4.69) is 9.97 Å².